The van der Waals surface area contributed by atoms with Crippen LogP contribution in [0.3, 0.4) is 0 Å². The summed E-state index contributed by atoms with van der Waals surface area (Å²) in [5.74, 6) is 0. The van der Waals surface area contributed by atoms with Gasteiger partial charge in [0.25, 0.3) is 0 Å². The van der Waals surface area contributed by atoms with Crippen LogP contribution in [0.15, 0.2) is 0 Å². The van der Waals surface area contributed by atoms with Crippen molar-refractivity contribution < 1.29 is 14.2 Å². The van der Waals surface area contributed by atoms with Gasteiger partial charge in [-0.05, 0) is 32.1 Å². The Morgan fingerprint density at radius 3 is 2.56 bits per heavy atom. The minimum atomic E-state index is 0.294. The van der Waals surface area contributed by atoms with Crippen molar-refractivity contribution in [3.63, 3.8) is 0 Å². The van der Waals surface area contributed by atoms with Crippen molar-refractivity contribution in [2.24, 2.45) is 0 Å². The van der Waals surface area contributed by atoms with Gasteiger partial charge in [-0.2, -0.15) is 0 Å². The molecule has 1 saturated heterocycles. The molecule has 0 spiro atoms. The van der Waals surface area contributed by atoms with E-state index >= 15 is 0 Å². The lowest BCUT2D eigenvalue weighted by Crippen LogP contribution is -2.29. The molecule has 0 radical (unpaired) electrons. The average molecular weight is 257 g/mol. The van der Waals surface area contributed by atoms with E-state index in [1.807, 2.05) is 0 Å². The summed E-state index contributed by atoms with van der Waals surface area (Å²) in [4.78, 5) is 0. The maximum atomic E-state index is 5.94. The third kappa shape index (κ3) is 5.65. The van der Waals surface area contributed by atoms with Crippen LogP contribution in [0, 0.1) is 0 Å². The van der Waals surface area contributed by atoms with Gasteiger partial charge in [0.1, 0.15) is 0 Å². The van der Waals surface area contributed by atoms with E-state index in [9.17, 15) is 0 Å². The van der Waals surface area contributed by atoms with Crippen LogP contribution in [0.25, 0.3) is 0 Å². The highest BCUT2D eigenvalue weighted by molar-refractivity contribution is 4.84. The first-order chi connectivity index (χ1) is 8.88. The third-order valence-corrected chi connectivity index (χ3v) is 3.43. The monoisotopic (exact) mass is 257 g/mol. The molecular formula is C14H27NO3. The van der Waals surface area contributed by atoms with Crippen LogP contribution in [0.1, 0.15) is 39.0 Å². The minimum Gasteiger partial charge on any atom is -0.379 e. The van der Waals surface area contributed by atoms with Gasteiger partial charge in [0.15, 0.2) is 0 Å². The van der Waals surface area contributed by atoms with E-state index in [0.717, 1.165) is 38.6 Å². The first-order valence-electron chi connectivity index (χ1n) is 7.42. The molecule has 2 rings (SSSR count). The molecule has 1 N–H and O–H groups in total. The molecule has 1 aliphatic heterocycles. The van der Waals surface area contributed by atoms with Crippen molar-refractivity contribution in [3.05, 3.63) is 0 Å². The summed E-state index contributed by atoms with van der Waals surface area (Å²) in [7, 11) is 0. The maximum Gasteiger partial charge on any atom is 0.0813 e. The molecule has 4 heteroatoms. The highest BCUT2D eigenvalue weighted by Crippen LogP contribution is 2.22. The van der Waals surface area contributed by atoms with Crippen molar-refractivity contribution in [3.8, 4) is 0 Å². The zero-order valence-electron chi connectivity index (χ0n) is 11.5. The Morgan fingerprint density at radius 2 is 1.78 bits per heavy atom. The fourth-order valence-electron chi connectivity index (χ4n) is 2.22. The zero-order chi connectivity index (χ0) is 12.6. The summed E-state index contributed by atoms with van der Waals surface area (Å²) >= 11 is 0. The Balaban J connectivity index is 1.42. The Labute approximate surface area is 110 Å². The highest BCUT2D eigenvalue weighted by atomic mass is 16.6. The largest absolute Gasteiger partial charge is 0.379 e. The SMILES string of the molecule is CCCOCCOCC1CCC(CNC2CC2)O1. The maximum absolute atomic E-state index is 5.94. The smallest absolute Gasteiger partial charge is 0.0813 e. The van der Waals surface area contributed by atoms with Crippen LogP contribution < -0.4 is 5.32 Å². The lowest BCUT2D eigenvalue weighted by atomic mass is 10.2. The Hall–Kier alpha value is -0.160. The van der Waals surface area contributed by atoms with Gasteiger partial charge >= 0.3 is 0 Å². The molecule has 0 aromatic carbocycles. The molecular weight excluding hydrogens is 230 g/mol. The van der Waals surface area contributed by atoms with Gasteiger partial charge < -0.3 is 19.5 Å². The van der Waals surface area contributed by atoms with Crippen molar-refractivity contribution in [2.45, 2.75) is 57.3 Å². The number of rotatable bonds is 10. The summed E-state index contributed by atoms with van der Waals surface area (Å²) in [5, 5.41) is 3.52. The highest BCUT2D eigenvalue weighted by Gasteiger charge is 2.27. The fourth-order valence-corrected chi connectivity index (χ4v) is 2.22. The summed E-state index contributed by atoms with van der Waals surface area (Å²) in [6.45, 7) is 6.06. The lowest BCUT2D eigenvalue weighted by Gasteiger charge is -2.14. The summed E-state index contributed by atoms with van der Waals surface area (Å²) in [6, 6.07) is 0.777. The van der Waals surface area contributed by atoms with Gasteiger partial charge in [-0.25, -0.2) is 0 Å². The second kappa shape index (κ2) is 8.10. The molecule has 1 heterocycles. The molecule has 0 aromatic heterocycles. The second-order valence-corrected chi connectivity index (χ2v) is 5.33. The van der Waals surface area contributed by atoms with E-state index in [1.165, 1.54) is 19.3 Å². The normalized spacial score (nSPS) is 27.8. The molecule has 2 unspecified atom stereocenters. The van der Waals surface area contributed by atoms with Crippen LogP contribution in [0.2, 0.25) is 0 Å². The van der Waals surface area contributed by atoms with Crippen LogP contribution >= 0.6 is 0 Å². The van der Waals surface area contributed by atoms with Gasteiger partial charge in [-0.15, -0.1) is 0 Å². The topological polar surface area (TPSA) is 39.7 Å². The van der Waals surface area contributed by atoms with Crippen LogP contribution in [-0.2, 0) is 14.2 Å². The second-order valence-electron chi connectivity index (χ2n) is 5.33. The first-order valence-corrected chi connectivity index (χ1v) is 7.42. The number of nitrogens with one attached hydrogen (secondary N) is 1. The van der Waals surface area contributed by atoms with E-state index in [-0.39, 0.29) is 0 Å². The lowest BCUT2D eigenvalue weighted by molar-refractivity contribution is -0.0284. The number of hydrogen-bond acceptors (Lipinski definition) is 4. The van der Waals surface area contributed by atoms with Crippen molar-refractivity contribution >= 4 is 0 Å². The first kappa shape index (κ1) is 14.3. The molecule has 1 saturated carbocycles. The van der Waals surface area contributed by atoms with Gasteiger partial charge in [0.2, 0.25) is 0 Å². The van der Waals surface area contributed by atoms with Crippen LogP contribution in [-0.4, -0.2) is 51.2 Å². The Bertz CT molecular complexity index is 221. The quantitative estimate of drug-likeness (QED) is 0.605. The molecule has 2 aliphatic rings. The third-order valence-electron chi connectivity index (χ3n) is 3.43. The molecule has 106 valence electrons. The molecule has 2 fully saturated rings. The van der Waals surface area contributed by atoms with E-state index in [0.29, 0.717) is 25.4 Å². The van der Waals surface area contributed by atoms with Crippen LogP contribution in [0.4, 0.5) is 0 Å². The van der Waals surface area contributed by atoms with Gasteiger partial charge in [0.05, 0.1) is 32.0 Å². The van der Waals surface area contributed by atoms with E-state index in [2.05, 4.69) is 12.2 Å². The predicted octanol–water partition coefficient (Wildman–Crippen LogP) is 1.73. The van der Waals surface area contributed by atoms with E-state index in [4.69, 9.17) is 14.2 Å². The van der Waals surface area contributed by atoms with Gasteiger partial charge in [0, 0.05) is 19.2 Å². The molecule has 0 amide bonds. The predicted molar refractivity (Wildman–Crippen MR) is 70.8 cm³/mol. The van der Waals surface area contributed by atoms with E-state index < -0.39 is 0 Å². The van der Waals surface area contributed by atoms with Crippen molar-refractivity contribution in [2.75, 3.05) is 33.0 Å². The van der Waals surface area contributed by atoms with Crippen LogP contribution in [0.5, 0.6) is 0 Å². The van der Waals surface area contributed by atoms with Crippen molar-refractivity contribution in [1.82, 2.24) is 5.32 Å². The molecule has 2 atom stereocenters. The number of hydrogen-bond donors (Lipinski definition) is 1. The van der Waals surface area contributed by atoms with E-state index in [1.54, 1.807) is 0 Å². The Morgan fingerprint density at radius 1 is 1.00 bits per heavy atom. The number of ether oxygens (including phenoxy) is 3. The van der Waals surface area contributed by atoms with Gasteiger partial charge in [-0.3, -0.25) is 0 Å². The Kier molecular flexibility index (Phi) is 6.41. The standard InChI is InChI=1S/C14H27NO3/c1-2-7-16-8-9-17-11-14-6-5-13(18-14)10-15-12-3-4-12/h12-15H,2-11H2,1H3. The molecule has 0 bridgehead atoms. The van der Waals surface area contributed by atoms with Crippen molar-refractivity contribution in [1.29, 1.82) is 0 Å². The van der Waals surface area contributed by atoms with Gasteiger partial charge in [-0.1, -0.05) is 6.92 Å². The summed E-state index contributed by atoms with van der Waals surface area (Å²) in [5.41, 5.74) is 0. The summed E-state index contributed by atoms with van der Waals surface area (Å²) in [6.07, 6.45) is 6.75. The molecule has 1 aliphatic carbocycles. The average Bonchev–Trinajstić information content (AvgIpc) is 3.11. The molecule has 4 nitrogen and oxygen atoms in total. The molecule has 0 aromatic rings. The zero-order valence-corrected chi connectivity index (χ0v) is 11.5. The summed E-state index contributed by atoms with van der Waals surface area (Å²) < 4.78 is 16.9. The molecule has 18 heavy (non-hydrogen) atoms. The fraction of sp³-hybridized carbons (Fsp3) is 1.00. The minimum absolute atomic E-state index is 0.294.